The molecule has 0 saturated heterocycles. The Morgan fingerprint density at radius 1 is 1.21 bits per heavy atom. The molecule has 0 radical (unpaired) electrons. The minimum Gasteiger partial charge on any atom is -0.495 e. The van der Waals surface area contributed by atoms with Crippen LogP contribution in [0.5, 0.6) is 5.75 Å². The van der Waals surface area contributed by atoms with Crippen LogP contribution in [0.2, 0.25) is 0 Å². The Labute approximate surface area is 166 Å². The Morgan fingerprint density at radius 3 is 2.46 bits per heavy atom. The first kappa shape index (κ1) is 20.4. The van der Waals surface area contributed by atoms with Gasteiger partial charge in [-0.1, -0.05) is 30.3 Å². The number of anilines is 1. The number of hydrogen-bond donors (Lipinski definition) is 1. The number of nitrogens with zero attached hydrogens (tertiary/aromatic N) is 1. The summed E-state index contributed by atoms with van der Waals surface area (Å²) in [5.41, 5.74) is 1.28. The standard InChI is InChI=1S/C21H26N2O4S/c1-15(18-9-10-18)23(14-17-7-5-4-6-8-17)28(25,26)19-11-12-21(27-3)20(13-19)22-16(2)24/h4-8,11-13,15,18H,9-10,14H2,1-3H3,(H,22,24)/t15-/m0/s1. The third kappa shape index (κ3) is 4.54. The monoisotopic (exact) mass is 402 g/mol. The number of rotatable bonds is 8. The number of hydrogen-bond acceptors (Lipinski definition) is 4. The third-order valence-corrected chi connectivity index (χ3v) is 6.96. The van der Waals surface area contributed by atoms with Crippen molar-refractivity contribution in [2.45, 2.75) is 44.2 Å². The van der Waals surface area contributed by atoms with Gasteiger partial charge in [-0.25, -0.2) is 8.42 Å². The number of nitrogens with one attached hydrogen (secondary N) is 1. The Morgan fingerprint density at radius 2 is 1.89 bits per heavy atom. The van der Waals surface area contributed by atoms with E-state index >= 15 is 0 Å². The van der Waals surface area contributed by atoms with Crippen LogP contribution in [0.1, 0.15) is 32.3 Å². The fraction of sp³-hybridized carbons (Fsp3) is 0.381. The van der Waals surface area contributed by atoms with Gasteiger partial charge in [0.25, 0.3) is 0 Å². The molecule has 7 heteroatoms. The number of amides is 1. The maximum absolute atomic E-state index is 13.5. The summed E-state index contributed by atoms with van der Waals surface area (Å²) in [6, 6.07) is 14.0. The van der Waals surface area contributed by atoms with Gasteiger partial charge >= 0.3 is 0 Å². The molecule has 2 aromatic carbocycles. The fourth-order valence-electron chi connectivity index (χ4n) is 3.30. The SMILES string of the molecule is COc1ccc(S(=O)(=O)N(Cc2ccccc2)[C@@H](C)C2CC2)cc1NC(C)=O. The zero-order valence-corrected chi connectivity index (χ0v) is 17.2. The largest absolute Gasteiger partial charge is 0.495 e. The van der Waals surface area contributed by atoms with Gasteiger partial charge in [0.1, 0.15) is 5.75 Å². The van der Waals surface area contributed by atoms with E-state index in [1.165, 1.54) is 26.2 Å². The summed E-state index contributed by atoms with van der Waals surface area (Å²) in [5, 5.41) is 2.64. The van der Waals surface area contributed by atoms with Gasteiger partial charge in [0, 0.05) is 19.5 Å². The summed E-state index contributed by atoms with van der Waals surface area (Å²) in [6.45, 7) is 3.65. The predicted octanol–water partition coefficient (Wildman–Crippen LogP) is 3.64. The first-order valence-electron chi connectivity index (χ1n) is 9.34. The second-order valence-corrected chi connectivity index (χ2v) is 9.05. The number of methoxy groups -OCH3 is 1. The molecule has 3 rings (SSSR count). The molecule has 1 amide bonds. The Hall–Kier alpha value is -2.38. The lowest BCUT2D eigenvalue weighted by Crippen LogP contribution is -2.39. The molecule has 1 aliphatic rings. The quantitative estimate of drug-likeness (QED) is 0.731. The van der Waals surface area contributed by atoms with Crippen molar-refractivity contribution in [2.75, 3.05) is 12.4 Å². The number of benzene rings is 2. The van der Waals surface area contributed by atoms with E-state index in [2.05, 4.69) is 5.32 Å². The highest BCUT2D eigenvalue weighted by Gasteiger charge is 2.38. The smallest absolute Gasteiger partial charge is 0.243 e. The normalized spacial score (nSPS) is 15.3. The molecule has 28 heavy (non-hydrogen) atoms. The van der Waals surface area contributed by atoms with Crippen LogP contribution >= 0.6 is 0 Å². The van der Waals surface area contributed by atoms with Gasteiger partial charge in [-0.2, -0.15) is 4.31 Å². The third-order valence-electron chi connectivity index (χ3n) is 5.03. The topological polar surface area (TPSA) is 75.7 Å². The molecular formula is C21H26N2O4S. The van der Waals surface area contributed by atoms with Gasteiger partial charge in [0.05, 0.1) is 17.7 Å². The van der Waals surface area contributed by atoms with Gasteiger partial charge in [-0.15, -0.1) is 0 Å². The molecule has 1 atom stereocenters. The lowest BCUT2D eigenvalue weighted by molar-refractivity contribution is -0.114. The Balaban J connectivity index is 1.99. The van der Waals surface area contributed by atoms with Crippen molar-refractivity contribution in [1.82, 2.24) is 4.31 Å². The molecule has 0 aliphatic heterocycles. The molecule has 1 fully saturated rings. The highest BCUT2D eigenvalue weighted by Crippen LogP contribution is 2.38. The van der Waals surface area contributed by atoms with Crippen molar-refractivity contribution < 1.29 is 17.9 Å². The van der Waals surface area contributed by atoms with E-state index in [9.17, 15) is 13.2 Å². The van der Waals surface area contributed by atoms with Crippen LogP contribution in [0, 0.1) is 5.92 Å². The molecule has 150 valence electrons. The van der Waals surface area contributed by atoms with Gasteiger partial charge < -0.3 is 10.1 Å². The van der Waals surface area contributed by atoms with Crippen molar-refractivity contribution in [1.29, 1.82) is 0 Å². The number of sulfonamides is 1. The fourth-order valence-corrected chi connectivity index (χ4v) is 5.00. The van der Waals surface area contributed by atoms with E-state index in [0.29, 0.717) is 23.9 Å². The molecule has 1 aliphatic carbocycles. The lowest BCUT2D eigenvalue weighted by atomic mass is 10.2. The van der Waals surface area contributed by atoms with Gasteiger partial charge in [0.15, 0.2) is 0 Å². The maximum Gasteiger partial charge on any atom is 0.243 e. The molecule has 1 N–H and O–H groups in total. The Kier molecular flexibility index (Phi) is 6.05. The maximum atomic E-state index is 13.5. The van der Waals surface area contributed by atoms with Crippen LogP contribution in [0.15, 0.2) is 53.4 Å². The Bertz CT molecular complexity index is 940. The molecule has 0 bridgehead atoms. The van der Waals surface area contributed by atoms with E-state index in [0.717, 1.165) is 18.4 Å². The number of carbonyl (C=O) groups excluding carboxylic acids is 1. The van der Waals surface area contributed by atoms with Gasteiger partial charge in [-0.05, 0) is 49.4 Å². The summed E-state index contributed by atoms with van der Waals surface area (Å²) in [4.78, 5) is 11.6. The van der Waals surface area contributed by atoms with Crippen molar-refractivity contribution in [3.05, 3.63) is 54.1 Å². The van der Waals surface area contributed by atoms with E-state index in [4.69, 9.17) is 4.74 Å². The van der Waals surface area contributed by atoms with E-state index in [-0.39, 0.29) is 16.8 Å². The molecular weight excluding hydrogens is 376 g/mol. The molecule has 0 heterocycles. The average molecular weight is 403 g/mol. The minimum absolute atomic E-state index is 0.100. The summed E-state index contributed by atoms with van der Waals surface area (Å²) in [6.07, 6.45) is 2.09. The van der Waals surface area contributed by atoms with Gasteiger partial charge in [0.2, 0.25) is 15.9 Å². The van der Waals surface area contributed by atoms with Crippen LogP contribution in [0.3, 0.4) is 0 Å². The molecule has 1 saturated carbocycles. The van der Waals surface area contributed by atoms with E-state index in [1.807, 2.05) is 37.3 Å². The molecule has 6 nitrogen and oxygen atoms in total. The van der Waals surface area contributed by atoms with Crippen LogP contribution < -0.4 is 10.1 Å². The van der Waals surface area contributed by atoms with Crippen molar-refractivity contribution >= 4 is 21.6 Å². The summed E-state index contributed by atoms with van der Waals surface area (Å²) >= 11 is 0. The minimum atomic E-state index is -3.76. The van der Waals surface area contributed by atoms with Crippen LogP contribution in [0.4, 0.5) is 5.69 Å². The second kappa shape index (κ2) is 8.32. The number of carbonyl (C=O) groups is 1. The van der Waals surface area contributed by atoms with Crippen LogP contribution in [-0.2, 0) is 21.4 Å². The lowest BCUT2D eigenvalue weighted by Gasteiger charge is -2.29. The highest BCUT2D eigenvalue weighted by atomic mass is 32.2. The first-order valence-corrected chi connectivity index (χ1v) is 10.8. The van der Waals surface area contributed by atoms with Crippen molar-refractivity contribution in [3.63, 3.8) is 0 Å². The van der Waals surface area contributed by atoms with Crippen LogP contribution in [0.25, 0.3) is 0 Å². The van der Waals surface area contributed by atoms with E-state index in [1.54, 1.807) is 10.4 Å². The molecule has 2 aromatic rings. The highest BCUT2D eigenvalue weighted by molar-refractivity contribution is 7.89. The van der Waals surface area contributed by atoms with Crippen molar-refractivity contribution in [3.8, 4) is 5.75 Å². The zero-order valence-electron chi connectivity index (χ0n) is 16.4. The summed E-state index contributed by atoms with van der Waals surface area (Å²) in [5.74, 6) is 0.505. The predicted molar refractivity (Wildman–Crippen MR) is 109 cm³/mol. The summed E-state index contributed by atoms with van der Waals surface area (Å²) < 4.78 is 33.9. The van der Waals surface area contributed by atoms with E-state index < -0.39 is 10.0 Å². The average Bonchev–Trinajstić information content (AvgIpc) is 3.51. The molecule has 0 aromatic heterocycles. The van der Waals surface area contributed by atoms with Crippen molar-refractivity contribution in [2.24, 2.45) is 5.92 Å². The second-order valence-electron chi connectivity index (χ2n) is 7.16. The first-order chi connectivity index (χ1) is 13.3. The molecule has 0 unspecified atom stereocenters. The molecule has 0 spiro atoms. The summed E-state index contributed by atoms with van der Waals surface area (Å²) in [7, 11) is -2.28. The van der Waals surface area contributed by atoms with Gasteiger partial charge in [-0.3, -0.25) is 4.79 Å². The van der Waals surface area contributed by atoms with Crippen LogP contribution in [-0.4, -0.2) is 31.8 Å². The zero-order chi connectivity index (χ0) is 20.3. The number of ether oxygens (including phenoxy) is 1.